The van der Waals surface area contributed by atoms with Crippen LogP contribution in [0, 0.1) is 5.41 Å². The van der Waals surface area contributed by atoms with Crippen LogP contribution in [-0.2, 0) is 4.79 Å². The summed E-state index contributed by atoms with van der Waals surface area (Å²) in [6.45, 7) is 13.4. The van der Waals surface area contributed by atoms with E-state index in [1.54, 1.807) is 7.11 Å². The number of carbonyl (C=O) groups excluding carboxylic acids is 1. The fourth-order valence-corrected chi connectivity index (χ4v) is 3.14. The molecule has 0 unspecified atom stereocenters. The smallest absolute Gasteiger partial charge is 0.227 e. The number of nitrogens with zero attached hydrogens (tertiary/aromatic N) is 3. The number of rotatable bonds is 7. The van der Waals surface area contributed by atoms with Gasteiger partial charge in [-0.15, -0.1) is 24.0 Å². The van der Waals surface area contributed by atoms with Crippen LogP contribution in [0.4, 0.5) is 5.69 Å². The molecule has 0 spiro atoms. The maximum Gasteiger partial charge on any atom is 0.227 e. The van der Waals surface area contributed by atoms with Crippen LogP contribution in [-0.4, -0.2) is 69.7 Å². The van der Waals surface area contributed by atoms with E-state index in [9.17, 15) is 4.79 Å². The quantitative estimate of drug-likeness (QED) is 0.331. The summed E-state index contributed by atoms with van der Waals surface area (Å²) in [6, 6.07) is 8.19. The number of methoxy groups -OCH3 is 1. The fourth-order valence-electron chi connectivity index (χ4n) is 3.14. The molecule has 2 N–H and O–H groups in total. The molecule has 1 amide bonds. The largest absolute Gasteiger partial charge is 0.497 e. The molecule has 1 fully saturated rings. The lowest BCUT2D eigenvalue weighted by molar-refractivity contribution is -0.128. The van der Waals surface area contributed by atoms with E-state index in [1.807, 2.05) is 32.9 Å². The van der Waals surface area contributed by atoms with Gasteiger partial charge in [0, 0.05) is 45.0 Å². The summed E-state index contributed by atoms with van der Waals surface area (Å²) < 4.78 is 5.24. The third kappa shape index (κ3) is 7.24. The summed E-state index contributed by atoms with van der Waals surface area (Å²) in [5, 5.41) is 6.27. The monoisotopic (exact) mass is 517 g/mol. The molecule has 7 nitrogen and oxygen atoms in total. The Morgan fingerprint density at radius 1 is 1.07 bits per heavy atom. The highest BCUT2D eigenvalue weighted by Gasteiger charge is 2.28. The summed E-state index contributed by atoms with van der Waals surface area (Å²) in [4.78, 5) is 21.6. The second kappa shape index (κ2) is 12.1. The van der Waals surface area contributed by atoms with Crippen LogP contribution in [0.3, 0.4) is 0 Å². The molecular formula is C21H36IN5O2. The standard InChI is InChI=1S/C21H35N5O2.HI/c1-6-22-19(27)21(3,4)16-24-20(23-7-2)26-14-12-25(13-15-26)17-8-10-18(28-5)11-9-17;/h8-11H,6-7,12-16H2,1-5H3,(H,22,27)(H,23,24);1H. The molecule has 0 radical (unpaired) electrons. The van der Waals surface area contributed by atoms with E-state index in [-0.39, 0.29) is 29.9 Å². The number of ether oxygens (including phenoxy) is 1. The Bertz CT molecular complexity index is 656. The Kier molecular flexibility index (Phi) is 10.6. The summed E-state index contributed by atoms with van der Waals surface area (Å²) in [5.74, 6) is 1.80. The van der Waals surface area contributed by atoms with E-state index in [0.29, 0.717) is 13.1 Å². The SMILES string of the molecule is CCNC(=O)C(C)(C)CN=C(NCC)N1CCN(c2ccc(OC)cc2)CC1.I. The van der Waals surface area contributed by atoms with Gasteiger partial charge in [0.05, 0.1) is 19.1 Å². The van der Waals surface area contributed by atoms with Crippen LogP contribution < -0.4 is 20.3 Å². The lowest BCUT2D eigenvalue weighted by atomic mass is 9.92. The van der Waals surface area contributed by atoms with E-state index >= 15 is 0 Å². The number of benzene rings is 1. The zero-order chi connectivity index (χ0) is 20.6. The van der Waals surface area contributed by atoms with Crippen LogP contribution in [0.25, 0.3) is 0 Å². The van der Waals surface area contributed by atoms with Crippen molar-refractivity contribution in [2.24, 2.45) is 10.4 Å². The van der Waals surface area contributed by atoms with Crippen LogP contribution in [0.2, 0.25) is 0 Å². The van der Waals surface area contributed by atoms with Gasteiger partial charge in [-0.3, -0.25) is 9.79 Å². The second-order valence-electron chi connectivity index (χ2n) is 7.59. The molecule has 1 aliphatic heterocycles. The number of nitrogens with one attached hydrogen (secondary N) is 2. The molecular weight excluding hydrogens is 481 g/mol. The van der Waals surface area contributed by atoms with Crippen molar-refractivity contribution in [3.05, 3.63) is 24.3 Å². The van der Waals surface area contributed by atoms with Crippen molar-refractivity contribution >= 4 is 41.5 Å². The summed E-state index contributed by atoms with van der Waals surface area (Å²) in [6.07, 6.45) is 0. The number of piperazine rings is 1. The topological polar surface area (TPSA) is 69.2 Å². The molecule has 1 aliphatic rings. The number of hydrogen-bond acceptors (Lipinski definition) is 4. The molecule has 1 aromatic rings. The summed E-state index contributed by atoms with van der Waals surface area (Å²) >= 11 is 0. The van der Waals surface area contributed by atoms with Gasteiger partial charge in [-0.05, 0) is 52.0 Å². The first-order chi connectivity index (χ1) is 13.4. The Morgan fingerprint density at radius 2 is 1.66 bits per heavy atom. The zero-order valence-corrected chi connectivity index (χ0v) is 20.7. The predicted molar refractivity (Wildman–Crippen MR) is 131 cm³/mol. The molecule has 1 saturated heterocycles. The minimum atomic E-state index is -0.526. The van der Waals surface area contributed by atoms with Crippen molar-refractivity contribution in [2.45, 2.75) is 27.7 Å². The molecule has 1 heterocycles. The summed E-state index contributed by atoms with van der Waals surface area (Å²) in [7, 11) is 1.68. The average molecular weight is 517 g/mol. The molecule has 1 aromatic carbocycles. The van der Waals surface area contributed by atoms with Crippen LogP contribution in [0.15, 0.2) is 29.3 Å². The number of aliphatic imine (C=N–C) groups is 1. The van der Waals surface area contributed by atoms with E-state index in [2.05, 4.69) is 39.5 Å². The lowest BCUT2D eigenvalue weighted by Crippen LogP contribution is -2.53. The van der Waals surface area contributed by atoms with Gasteiger partial charge < -0.3 is 25.2 Å². The van der Waals surface area contributed by atoms with Crippen molar-refractivity contribution in [3.8, 4) is 5.75 Å². The molecule has 0 bridgehead atoms. The first-order valence-electron chi connectivity index (χ1n) is 10.1. The van der Waals surface area contributed by atoms with Gasteiger partial charge in [0.2, 0.25) is 5.91 Å². The molecule has 0 aliphatic carbocycles. The molecule has 29 heavy (non-hydrogen) atoms. The van der Waals surface area contributed by atoms with Gasteiger partial charge in [0.15, 0.2) is 5.96 Å². The lowest BCUT2D eigenvalue weighted by Gasteiger charge is -2.38. The van der Waals surface area contributed by atoms with Gasteiger partial charge in [-0.2, -0.15) is 0 Å². The maximum atomic E-state index is 12.2. The third-order valence-corrected chi connectivity index (χ3v) is 4.93. The van der Waals surface area contributed by atoms with E-state index in [4.69, 9.17) is 9.73 Å². The maximum absolute atomic E-state index is 12.2. The van der Waals surface area contributed by atoms with E-state index in [0.717, 1.165) is 44.4 Å². The number of carbonyl (C=O) groups is 1. The molecule has 8 heteroatoms. The van der Waals surface area contributed by atoms with Crippen LogP contribution in [0.5, 0.6) is 5.75 Å². The van der Waals surface area contributed by atoms with Gasteiger partial charge in [-0.25, -0.2) is 0 Å². The number of halogens is 1. The van der Waals surface area contributed by atoms with Crippen molar-refractivity contribution in [3.63, 3.8) is 0 Å². The zero-order valence-electron chi connectivity index (χ0n) is 18.3. The molecule has 0 atom stereocenters. The van der Waals surface area contributed by atoms with Gasteiger partial charge >= 0.3 is 0 Å². The highest BCUT2D eigenvalue weighted by Crippen LogP contribution is 2.21. The first kappa shape index (κ1) is 25.3. The Balaban J connectivity index is 0.00000420. The number of amides is 1. The third-order valence-electron chi connectivity index (χ3n) is 4.93. The average Bonchev–Trinajstić information content (AvgIpc) is 2.71. The Labute approximate surface area is 192 Å². The van der Waals surface area contributed by atoms with Crippen molar-refractivity contribution < 1.29 is 9.53 Å². The van der Waals surface area contributed by atoms with Gasteiger partial charge in [0.25, 0.3) is 0 Å². The highest BCUT2D eigenvalue weighted by atomic mass is 127. The van der Waals surface area contributed by atoms with Gasteiger partial charge in [0.1, 0.15) is 5.75 Å². The Hall–Kier alpha value is -1.71. The highest BCUT2D eigenvalue weighted by molar-refractivity contribution is 14.0. The molecule has 2 rings (SSSR count). The van der Waals surface area contributed by atoms with Crippen molar-refractivity contribution in [1.29, 1.82) is 0 Å². The summed E-state index contributed by atoms with van der Waals surface area (Å²) in [5.41, 5.74) is 0.682. The minimum absolute atomic E-state index is 0. The normalized spacial score (nSPS) is 14.9. The van der Waals surface area contributed by atoms with E-state index in [1.165, 1.54) is 5.69 Å². The minimum Gasteiger partial charge on any atom is -0.497 e. The van der Waals surface area contributed by atoms with Crippen molar-refractivity contribution in [1.82, 2.24) is 15.5 Å². The number of hydrogen-bond donors (Lipinski definition) is 2. The fraction of sp³-hybridized carbons (Fsp3) is 0.619. The predicted octanol–water partition coefficient (Wildman–Crippen LogP) is 2.56. The van der Waals surface area contributed by atoms with Crippen LogP contribution in [0.1, 0.15) is 27.7 Å². The molecule has 0 saturated carbocycles. The van der Waals surface area contributed by atoms with Crippen LogP contribution >= 0.6 is 24.0 Å². The molecule has 0 aromatic heterocycles. The van der Waals surface area contributed by atoms with Crippen molar-refractivity contribution in [2.75, 3.05) is 57.8 Å². The first-order valence-corrected chi connectivity index (χ1v) is 10.1. The van der Waals surface area contributed by atoms with Gasteiger partial charge in [-0.1, -0.05) is 0 Å². The van der Waals surface area contributed by atoms with E-state index < -0.39 is 5.41 Å². The Morgan fingerprint density at radius 3 is 2.17 bits per heavy atom. The number of guanidine groups is 1. The second-order valence-corrected chi connectivity index (χ2v) is 7.59. The molecule has 164 valence electrons. The number of anilines is 1.